The van der Waals surface area contributed by atoms with Gasteiger partial charge in [0.15, 0.2) is 0 Å². The Morgan fingerprint density at radius 3 is 2.44 bits per heavy atom. The number of hydrogen-bond donors (Lipinski definition) is 1. The Kier molecular flexibility index (Phi) is 4.79. The van der Waals surface area contributed by atoms with Gasteiger partial charge in [-0.15, -0.1) is 11.3 Å². The Balaban J connectivity index is 2.34. The smallest absolute Gasteiger partial charge is 0.263 e. The van der Waals surface area contributed by atoms with Crippen molar-refractivity contribution in [1.29, 1.82) is 0 Å². The maximum atomic E-state index is 13.2. The van der Waals surface area contributed by atoms with Gasteiger partial charge in [-0.2, -0.15) is 0 Å². The van der Waals surface area contributed by atoms with Gasteiger partial charge in [-0.3, -0.25) is 14.2 Å². The van der Waals surface area contributed by atoms with E-state index in [1.54, 1.807) is 6.92 Å². The Morgan fingerprint density at radius 2 is 1.88 bits per heavy atom. The van der Waals surface area contributed by atoms with Gasteiger partial charge in [0.25, 0.3) is 5.56 Å². The van der Waals surface area contributed by atoms with E-state index in [0.717, 1.165) is 15.6 Å². The molecule has 1 aromatic carbocycles. The van der Waals surface area contributed by atoms with Crippen molar-refractivity contribution >= 4 is 43.4 Å². The lowest BCUT2D eigenvalue weighted by Crippen LogP contribution is -2.35. The number of thiophene rings is 1. The molecule has 7 heteroatoms. The minimum Gasteiger partial charge on any atom is -0.368 e. The van der Waals surface area contributed by atoms with E-state index in [1.807, 2.05) is 43.5 Å². The number of benzene rings is 1. The van der Waals surface area contributed by atoms with Crippen molar-refractivity contribution in [2.45, 2.75) is 32.7 Å². The highest BCUT2D eigenvalue weighted by Crippen LogP contribution is 2.33. The van der Waals surface area contributed by atoms with Crippen molar-refractivity contribution in [1.82, 2.24) is 9.55 Å². The van der Waals surface area contributed by atoms with Gasteiger partial charge in [0.1, 0.15) is 16.7 Å². The van der Waals surface area contributed by atoms with Crippen molar-refractivity contribution in [3.63, 3.8) is 0 Å². The SMILES string of the molecule is CC(C)c1nc2scc(-c3ccc(Br)cc3)c2c(=O)n1C(C)C(N)=O. The van der Waals surface area contributed by atoms with Crippen LogP contribution in [0.25, 0.3) is 21.3 Å². The molecule has 0 saturated carbocycles. The molecule has 0 aliphatic carbocycles. The summed E-state index contributed by atoms with van der Waals surface area (Å²) in [4.78, 5) is 30.3. The summed E-state index contributed by atoms with van der Waals surface area (Å²) < 4.78 is 2.40. The van der Waals surface area contributed by atoms with E-state index in [0.29, 0.717) is 16.0 Å². The molecule has 5 nitrogen and oxygen atoms in total. The standard InChI is InChI=1S/C18H18BrN3O2S/c1-9(2)16-21-17-14(18(24)22(16)10(3)15(20)23)13(8-25-17)11-4-6-12(19)7-5-11/h4-10H,1-3H3,(H2,20,23). The molecule has 0 aliphatic heterocycles. The van der Waals surface area contributed by atoms with Crippen LogP contribution >= 0.6 is 27.3 Å². The fourth-order valence-corrected chi connectivity index (χ4v) is 3.98. The fourth-order valence-electron chi connectivity index (χ4n) is 2.77. The zero-order valence-corrected chi connectivity index (χ0v) is 16.5. The molecule has 0 aliphatic rings. The van der Waals surface area contributed by atoms with Crippen molar-refractivity contribution in [3.8, 4) is 11.1 Å². The first-order chi connectivity index (χ1) is 11.8. The minimum absolute atomic E-state index is 0.00266. The summed E-state index contributed by atoms with van der Waals surface area (Å²) in [6.07, 6.45) is 0. The molecule has 3 aromatic rings. The van der Waals surface area contributed by atoms with Crippen LogP contribution in [0.3, 0.4) is 0 Å². The third-order valence-electron chi connectivity index (χ3n) is 4.14. The highest BCUT2D eigenvalue weighted by Gasteiger charge is 2.23. The van der Waals surface area contributed by atoms with E-state index in [1.165, 1.54) is 15.9 Å². The van der Waals surface area contributed by atoms with Crippen LogP contribution in [0, 0.1) is 0 Å². The predicted octanol–water partition coefficient (Wildman–Crippen LogP) is 4.06. The number of nitrogens with zero attached hydrogens (tertiary/aromatic N) is 2. The van der Waals surface area contributed by atoms with E-state index in [4.69, 9.17) is 5.73 Å². The second-order valence-corrected chi connectivity index (χ2v) is 7.99. The molecule has 3 rings (SSSR count). The molecular formula is C18H18BrN3O2S. The maximum Gasteiger partial charge on any atom is 0.263 e. The third kappa shape index (κ3) is 3.14. The molecule has 130 valence electrons. The van der Waals surface area contributed by atoms with E-state index in [9.17, 15) is 9.59 Å². The van der Waals surface area contributed by atoms with Gasteiger partial charge in [-0.05, 0) is 24.6 Å². The molecule has 0 fully saturated rings. The van der Waals surface area contributed by atoms with Gasteiger partial charge in [0, 0.05) is 21.3 Å². The normalized spacial score (nSPS) is 12.7. The quantitative estimate of drug-likeness (QED) is 0.692. The second kappa shape index (κ2) is 6.72. The van der Waals surface area contributed by atoms with Gasteiger partial charge in [-0.25, -0.2) is 4.98 Å². The van der Waals surface area contributed by atoms with Crippen LogP contribution in [0.2, 0.25) is 0 Å². The zero-order valence-electron chi connectivity index (χ0n) is 14.1. The minimum atomic E-state index is -0.750. The number of primary amides is 1. The highest BCUT2D eigenvalue weighted by molar-refractivity contribution is 9.10. The topological polar surface area (TPSA) is 78.0 Å². The first-order valence-electron chi connectivity index (χ1n) is 7.90. The van der Waals surface area contributed by atoms with E-state index in [-0.39, 0.29) is 11.5 Å². The second-order valence-electron chi connectivity index (χ2n) is 6.21. The lowest BCUT2D eigenvalue weighted by Gasteiger charge is -2.19. The Labute approximate surface area is 157 Å². The Bertz CT molecular complexity index is 1010. The summed E-state index contributed by atoms with van der Waals surface area (Å²) in [5, 5.41) is 2.47. The van der Waals surface area contributed by atoms with Crippen molar-refractivity contribution in [2.75, 3.05) is 0 Å². The molecule has 2 heterocycles. The van der Waals surface area contributed by atoms with Gasteiger partial charge < -0.3 is 5.73 Å². The van der Waals surface area contributed by atoms with Crippen LogP contribution in [0.5, 0.6) is 0 Å². The molecular weight excluding hydrogens is 402 g/mol. The average Bonchev–Trinajstić information content (AvgIpc) is 2.99. The monoisotopic (exact) mass is 419 g/mol. The molecule has 0 bridgehead atoms. The average molecular weight is 420 g/mol. The Morgan fingerprint density at radius 1 is 1.24 bits per heavy atom. The number of fused-ring (bicyclic) bond motifs is 1. The van der Waals surface area contributed by atoms with E-state index < -0.39 is 11.9 Å². The molecule has 2 N–H and O–H groups in total. The number of hydrogen-bond acceptors (Lipinski definition) is 4. The first kappa shape index (κ1) is 17.8. The van der Waals surface area contributed by atoms with Gasteiger partial charge in [0.2, 0.25) is 5.91 Å². The van der Waals surface area contributed by atoms with Crippen LogP contribution in [0.1, 0.15) is 38.6 Å². The number of aromatic nitrogens is 2. The van der Waals surface area contributed by atoms with Crippen molar-refractivity contribution in [3.05, 3.63) is 50.3 Å². The fraction of sp³-hybridized carbons (Fsp3) is 0.278. The largest absolute Gasteiger partial charge is 0.368 e. The van der Waals surface area contributed by atoms with Crippen LogP contribution in [-0.4, -0.2) is 15.5 Å². The maximum absolute atomic E-state index is 13.2. The molecule has 1 unspecified atom stereocenters. The number of halogens is 1. The first-order valence-corrected chi connectivity index (χ1v) is 9.57. The van der Waals surface area contributed by atoms with Gasteiger partial charge in [-0.1, -0.05) is 41.9 Å². The summed E-state index contributed by atoms with van der Waals surface area (Å²) >= 11 is 4.85. The van der Waals surface area contributed by atoms with Crippen LogP contribution < -0.4 is 11.3 Å². The van der Waals surface area contributed by atoms with Crippen LogP contribution in [0.15, 0.2) is 38.9 Å². The summed E-state index contributed by atoms with van der Waals surface area (Å²) in [6.45, 7) is 5.52. The van der Waals surface area contributed by atoms with E-state index >= 15 is 0 Å². The molecule has 1 atom stereocenters. The summed E-state index contributed by atoms with van der Waals surface area (Å²) in [5.41, 5.74) is 7.00. The van der Waals surface area contributed by atoms with Crippen LogP contribution in [0.4, 0.5) is 0 Å². The number of rotatable bonds is 4. The summed E-state index contributed by atoms with van der Waals surface area (Å²) in [6, 6.07) is 7.00. The molecule has 0 saturated heterocycles. The molecule has 2 aromatic heterocycles. The number of amides is 1. The number of nitrogens with two attached hydrogens (primary N) is 1. The molecule has 1 amide bonds. The predicted molar refractivity (Wildman–Crippen MR) is 105 cm³/mol. The van der Waals surface area contributed by atoms with Crippen LogP contribution in [-0.2, 0) is 4.79 Å². The van der Waals surface area contributed by atoms with E-state index in [2.05, 4.69) is 20.9 Å². The van der Waals surface area contributed by atoms with Gasteiger partial charge >= 0.3 is 0 Å². The zero-order chi connectivity index (χ0) is 18.3. The lowest BCUT2D eigenvalue weighted by molar-refractivity contribution is -0.120. The third-order valence-corrected chi connectivity index (χ3v) is 5.54. The lowest BCUT2D eigenvalue weighted by atomic mass is 10.1. The highest BCUT2D eigenvalue weighted by atomic mass is 79.9. The summed E-state index contributed by atoms with van der Waals surface area (Å²) in [5.74, 6) is 0.0238. The number of carbonyl (C=O) groups excluding carboxylic acids is 1. The Hall–Kier alpha value is -1.99. The van der Waals surface area contributed by atoms with Crippen molar-refractivity contribution in [2.24, 2.45) is 5.73 Å². The molecule has 0 radical (unpaired) electrons. The molecule has 0 spiro atoms. The summed E-state index contributed by atoms with van der Waals surface area (Å²) in [7, 11) is 0. The van der Waals surface area contributed by atoms with Crippen molar-refractivity contribution < 1.29 is 4.79 Å². The number of carbonyl (C=O) groups is 1. The molecule has 25 heavy (non-hydrogen) atoms. The van der Waals surface area contributed by atoms with Gasteiger partial charge in [0.05, 0.1) is 5.39 Å².